The minimum Gasteiger partial charge on any atom is -0.396 e. The number of nitrogens with zero attached hydrogens (tertiary/aromatic N) is 4. The average molecular weight is 310 g/mol. The summed E-state index contributed by atoms with van der Waals surface area (Å²) in [5.74, 6) is 0. The molecular formula is C13H18N4O5. The predicted octanol–water partition coefficient (Wildman–Crippen LogP) is 1.01. The highest BCUT2D eigenvalue weighted by atomic mass is 16.6. The Morgan fingerprint density at radius 1 is 1.09 bits per heavy atom. The number of rotatable bonds is 6. The zero-order valence-electron chi connectivity index (χ0n) is 12.1. The van der Waals surface area contributed by atoms with Crippen molar-refractivity contribution in [1.29, 1.82) is 0 Å². The first-order valence-corrected chi connectivity index (χ1v) is 7.04. The fraction of sp³-hybridized carbons (Fsp3) is 0.538. The Hall–Kier alpha value is -2.26. The van der Waals surface area contributed by atoms with E-state index in [9.17, 15) is 20.2 Å². The molecule has 0 aliphatic carbocycles. The van der Waals surface area contributed by atoms with Crippen molar-refractivity contribution in [3.05, 3.63) is 38.4 Å². The van der Waals surface area contributed by atoms with Gasteiger partial charge in [-0.3, -0.25) is 25.1 Å². The minimum atomic E-state index is -0.635. The molecule has 2 rings (SSSR count). The van der Waals surface area contributed by atoms with Crippen molar-refractivity contribution >= 4 is 17.1 Å². The van der Waals surface area contributed by atoms with E-state index < -0.39 is 9.85 Å². The third kappa shape index (κ3) is 3.68. The molecule has 1 saturated heterocycles. The van der Waals surface area contributed by atoms with E-state index >= 15 is 0 Å². The Balaban J connectivity index is 2.12. The summed E-state index contributed by atoms with van der Waals surface area (Å²) in [7, 11) is 0. The number of hydrogen-bond acceptors (Lipinski definition) is 7. The number of aliphatic hydroxyl groups excluding tert-OH is 1. The first-order valence-electron chi connectivity index (χ1n) is 7.04. The zero-order valence-corrected chi connectivity index (χ0v) is 12.1. The summed E-state index contributed by atoms with van der Waals surface area (Å²) in [4.78, 5) is 24.8. The maximum atomic E-state index is 11.2. The second-order valence-corrected chi connectivity index (χ2v) is 5.09. The first kappa shape index (κ1) is 16.1. The third-order valence-electron chi connectivity index (χ3n) is 3.71. The molecule has 0 unspecified atom stereocenters. The van der Waals surface area contributed by atoms with Crippen LogP contribution >= 0.6 is 0 Å². The summed E-state index contributed by atoms with van der Waals surface area (Å²) in [6.07, 6.45) is 0.706. The van der Waals surface area contributed by atoms with Crippen LogP contribution in [0.3, 0.4) is 0 Å². The molecule has 1 aliphatic heterocycles. The highest BCUT2D eigenvalue weighted by Gasteiger charge is 2.25. The quantitative estimate of drug-likeness (QED) is 0.616. The van der Waals surface area contributed by atoms with Crippen LogP contribution in [-0.4, -0.2) is 59.2 Å². The molecule has 1 aromatic rings. The van der Waals surface area contributed by atoms with Gasteiger partial charge in [0.25, 0.3) is 11.4 Å². The van der Waals surface area contributed by atoms with Crippen molar-refractivity contribution in [2.24, 2.45) is 0 Å². The lowest BCUT2D eigenvalue weighted by Crippen LogP contribution is -2.46. The largest absolute Gasteiger partial charge is 0.396 e. The maximum absolute atomic E-state index is 11.2. The first-order chi connectivity index (χ1) is 10.5. The molecule has 0 atom stereocenters. The molecule has 1 aromatic carbocycles. The lowest BCUT2D eigenvalue weighted by Gasteiger charge is -2.35. The Morgan fingerprint density at radius 2 is 1.77 bits per heavy atom. The third-order valence-corrected chi connectivity index (χ3v) is 3.71. The van der Waals surface area contributed by atoms with Gasteiger partial charge in [-0.2, -0.15) is 0 Å². The van der Waals surface area contributed by atoms with Crippen LogP contribution in [0.1, 0.15) is 6.42 Å². The minimum absolute atomic E-state index is 0.147. The SMILES string of the molecule is O=[N+]([O-])c1ccc(N2CCN(CCCO)CC2)c([N+](=O)[O-])c1. The van der Waals surface area contributed by atoms with Crippen LogP contribution in [0.25, 0.3) is 0 Å². The van der Waals surface area contributed by atoms with Crippen LogP contribution in [-0.2, 0) is 0 Å². The Morgan fingerprint density at radius 3 is 2.32 bits per heavy atom. The highest BCUT2D eigenvalue weighted by molar-refractivity contribution is 5.67. The molecule has 0 radical (unpaired) electrons. The van der Waals surface area contributed by atoms with E-state index in [0.717, 1.165) is 25.7 Å². The van der Waals surface area contributed by atoms with E-state index in [4.69, 9.17) is 5.11 Å². The second kappa shape index (κ2) is 7.14. The molecule has 0 aromatic heterocycles. The molecule has 0 bridgehead atoms. The number of anilines is 1. The standard InChI is InChI=1S/C13H18N4O5/c18-9-1-4-14-5-7-15(8-6-14)12-3-2-11(16(19)20)10-13(12)17(21)22/h2-3,10,18H,1,4-9H2. The normalized spacial score (nSPS) is 15.8. The molecule has 0 spiro atoms. The molecule has 22 heavy (non-hydrogen) atoms. The Bertz CT molecular complexity index is 557. The van der Waals surface area contributed by atoms with Crippen molar-refractivity contribution in [2.45, 2.75) is 6.42 Å². The number of nitro benzene ring substituents is 2. The summed E-state index contributed by atoms with van der Waals surface area (Å²) >= 11 is 0. The molecule has 1 aliphatic rings. The van der Waals surface area contributed by atoms with Crippen molar-refractivity contribution in [3.63, 3.8) is 0 Å². The van der Waals surface area contributed by atoms with Gasteiger partial charge in [0.2, 0.25) is 0 Å². The highest BCUT2D eigenvalue weighted by Crippen LogP contribution is 2.32. The number of benzene rings is 1. The lowest BCUT2D eigenvalue weighted by molar-refractivity contribution is -0.393. The number of nitro groups is 2. The molecule has 1 heterocycles. The second-order valence-electron chi connectivity index (χ2n) is 5.09. The molecule has 1 fully saturated rings. The van der Waals surface area contributed by atoms with Gasteiger partial charge in [0.1, 0.15) is 5.69 Å². The van der Waals surface area contributed by atoms with Crippen molar-refractivity contribution < 1.29 is 15.0 Å². The van der Waals surface area contributed by atoms with Crippen molar-refractivity contribution in [2.75, 3.05) is 44.2 Å². The summed E-state index contributed by atoms with van der Waals surface area (Å²) < 4.78 is 0. The number of hydrogen-bond donors (Lipinski definition) is 1. The Labute approximate surface area is 127 Å². The van der Waals surface area contributed by atoms with E-state index in [1.807, 2.05) is 4.90 Å². The van der Waals surface area contributed by atoms with Gasteiger partial charge in [-0.25, -0.2) is 0 Å². The molecule has 120 valence electrons. The van der Waals surface area contributed by atoms with E-state index in [1.54, 1.807) is 0 Å². The predicted molar refractivity (Wildman–Crippen MR) is 80.1 cm³/mol. The fourth-order valence-corrected chi connectivity index (χ4v) is 2.55. The van der Waals surface area contributed by atoms with Crippen LogP contribution in [0.15, 0.2) is 18.2 Å². The molecular weight excluding hydrogens is 292 g/mol. The number of non-ortho nitro benzene ring substituents is 1. The smallest absolute Gasteiger partial charge is 0.299 e. The van der Waals surface area contributed by atoms with Crippen LogP contribution in [0.5, 0.6) is 0 Å². The van der Waals surface area contributed by atoms with Crippen LogP contribution in [0.4, 0.5) is 17.1 Å². The average Bonchev–Trinajstić information content (AvgIpc) is 2.52. The lowest BCUT2D eigenvalue weighted by atomic mass is 10.2. The van der Waals surface area contributed by atoms with Gasteiger partial charge in [-0.15, -0.1) is 0 Å². The number of piperazine rings is 1. The fourth-order valence-electron chi connectivity index (χ4n) is 2.55. The molecule has 0 saturated carbocycles. The van der Waals surface area contributed by atoms with Gasteiger partial charge >= 0.3 is 0 Å². The monoisotopic (exact) mass is 310 g/mol. The summed E-state index contributed by atoms with van der Waals surface area (Å²) in [5, 5.41) is 30.7. The van der Waals surface area contributed by atoms with Crippen molar-refractivity contribution in [3.8, 4) is 0 Å². The van der Waals surface area contributed by atoms with E-state index in [2.05, 4.69) is 4.90 Å². The van der Waals surface area contributed by atoms with E-state index in [1.165, 1.54) is 12.1 Å². The molecule has 1 N–H and O–H groups in total. The summed E-state index contributed by atoms with van der Waals surface area (Å²) in [5.41, 5.74) is -0.104. The number of aliphatic hydroxyl groups is 1. The van der Waals surface area contributed by atoms with Crippen LogP contribution in [0.2, 0.25) is 0 Å². The molecule has 9 heteroatoms. The van der Waals surface area contributed by atoms with Crippen molar-refractivity contribution in [1.82, 2.24) is 4.90 Å². The van der Waals surface area contributed by atoms with E-state index in [0.29, 0.717) is 25.2 Å². The van der Waals surface area contributed by atoms with Crippen LogP contribution < -0.4 is 4.90 Å². The zero-order chi connectivity index (χ0) is 16.1. The molecule has 9 nitrogen and oxygen atoms in total. The maximum Gasteiger partial charge on any atom is 0.299 e. The van der Waals surface area contributed by atoms with Gasteiger partial charge in [-0.1, -0.05) is 0 Å². The molecule has 0 amide bonds. The van der Waals surface area contributed by atoms with Gasteiger partial charge in [0.15, 0.2) is 0 Å². The van der Waals surface area contributed by atoms with Gasteiger partial charge in [0.05, 0.1) is 15.9 Å². The summed E-state index contributed by atoms with van der Waals surface area (Å²) in [6.45, 7) is 3.66. The topological polar surface area (TPSA) is 113 Å². The van der Waals surface area contributed by atoms with E-state index in [-0.39, 0.29) is 18.0 Å². The van der Waals surface area contributed by atoms with Gasteiger partial charge in [0, 0.05) is 45.4 Å². The Kier molecular flexibility index (Phi) is 5.23. The van der Waals surface area contributed by atoms with Gasteiger partial charge < -0.3 is 10.0 Å². The van der Waals surface area contributed by atoms with Crippen LogP contribution in [0, 0.1) is 20.2 Å². The van der Waals surface area contributed by atoms with Gasteiger partial charge in [-0.05, 0) is 12.5 Å². The summed E-state index contributed by atoms with van der Waals surface area (Å²) in [6, 6.07) is 3.74.